The maximum absolute atomic E-state index is 9.44. The zero-order valence-electron chi connectivity index (χ0n) is 55.4. The standard InChI is InChI=1S/C30H29NP.2C29H27NP.3ClH/c1-2-25(23-31)21-26-13-12-14-27(22-26)24-32(28-15-6-3-7-16-28,29-17-8-4-9-18-29)30-19-10-5-11-20-30;1-24(22-30)20-25-12-11-13-26(21-25)23-31(27-14-5-2-6-15-27,28-16-7-3-8-17-28)29-18-9-4-10-19-29;1-24(22-30)21-25-17-19-26(20-18-25)23-31(27-11-5-2-6-12-27,28-13-7-3-8-14-28)29-15-9-4-10-16-29;;;/h3-20,22,25H,2,21,24H2,1H3;2-19,21,24H,20,23H2,1H3;2-20,24H,21,23H2,1H3;3*1H/q3*+1;;;/p-3. The summed E-state index contributed by atoms with van der Waals surface area (Å²) in [6, 6.07) is 133. The van der Waals surface area contributed by atoms with Gasteiger partial charge in [0.25, 0.3) is 0 Å². The largest absolute Gasteiger partial charge is 1.00 e. The van der Waals surface area contributed by atoms with Crippen molar-refractivity contribution in [1.29, 1.82) is 15.8 Å². The van der Waals surface area contributed by atoms with Gasteiger partial charge in [-0.25, -0.2) is 0 Å². The minimum absolute atomic E-state index is 0. The van der Waals surface area contributed by atoms with Crippen LogP contribution in [0.15, 0.2) is 346 Å². The van der Waals surface area contributed by atoms with E-state index in [1.54, 1.807) is 0 Å². The molecule has 3 atom stereocenters. The van der Waals surface area contributed by atoms with Gasteiger partial charge in [-0.1, -0.05) is 244 Å². The summed E-state index contributed by atoms with van der Waals surface area (Å²) in [4.78, 5) is 0. The van der Waals surface area contributed by atoms with Crippen LogP contribution in [0, 0.1) is 51.7 Å². The van der Waals surface area contributed by atoms with E-state index in [4.69, 9.17) is 5.26 Å². The normalized spacial score (nSPS) is 11.8. The summed E-state index contributed by atoms with van der Waals surface area (Å²) in [5, 5.41) is 40.4. The van der Waals surface area contributed by atoms with Gasteiger partial charge in [-0.05, 0) is 182 Å². The number of nitriles is 3. The Kier molecular flexibility index (Phi) is 29.8. The van der Waals surface area contributed by atoms with Crippen LogP contribution in [-0.4, -0.2) is 0 Å². The number of nitrogens with zero attached hydrogens (tertiary/aromatic N) is 3. The van der Waals surface area contributed by atoms with Crippen LogP contribution in [0.25, 0.3) is 0 Å². The lowest BCUT2D eigenvalue weighted by Gasteiger charge is -2.28. The molecule has 0 radical (unpaired) electrons. The third-order valence-electron chi connectivity index (χ3n) is 17.7. The van der Waals surface area contributed by atoms with E-state index in [9.17, 15) is 10.5 Å². The van der Waals surface area contributed by atoms with Crippen LogP contribution in [0.3, 0.4) is 0 Å². The highest BCUT2D eigenvalue weighted by Crippen LogP contribution is 2.60. The first-order valence-corrected chi connectivity index (χ1v) is 38.7. The van der Waals surface area contributed by atoms with Crippen molar-refractivity contribution in [3.05, 3.63) is 379 Å². The van der Waals surface area contributed by atoms with Crippen molar-refractivity contribution < 1.29 is 37.2 Å². The van der Waals surface area contributed by atoms with Gasteiger partial charge in [0.05, 0.1) is 42.6 Å². The molecule has 97 heavy (non-hydrogen) atoms. The van der Waals surface area contributed by atoms with Gasteiger partial charge in [0.2, 0.25) is 0 Å². The van der Waals surface area contributed by atoms with Crippen molar-refractivity contribution in [3.8, 4) is 18.2 Å². The van der Waals surface area contributed by atoms with Crippen molar-refractivity contribution >= 4 is 69.5 Å². The Hall–Kier alpha value is -8.73. The van der Waals surface area contributed by atoms with Crippen LogP contribution in [0.2, 0.25) is 0 Å². The summed E-state index contributed by atoms with van der Waals surface area (Å²) >= 11 is 0. The molecular formula is C88H83Cl3N3P3. The van der Waals surface area contributed by atoms with Crippen molar-refractivity contribution in [3.63, 3.8) is 0 Å². The van der Waals surface area contributed by atoms with E-state index in [1.165, 1.54) is 81.1 Å². The lowest BCUT2D eigenvalue weighted by Crippen LogP contribution is -3.00. The van der Waals surface area contributed by atoms with Gasteiger partial charge in [-0.3, -0.25) is 0 Å². The van der Waals surface area contributed by atoms with Crippen molar-refractivity contribution in [1.82, 2.24) is 0 Å². The predicted molar refractivity (Wildman–Crippen MR) is 406 cm³/mol. The van der Waals surface area contributed by atoms with Gasteiger partial charge in [0.15, 0.2) is 0 Å². The van der Waals surface area contributed by atoms with Gasteiger partial charge < -0.3 is 37.2 Å². The van der Waals surface area contributed by atoms with Crippen LogP contribution in [-0.2, 0) is 37.7 Å². The lowest BCUT2D eigenvalue weighted by molar-refractivity contribution is -0.00100. The van der Waals surface area contributed by atoms with Gasteiger partial charge in [0.1, 0.15) is 69.5 Å². The molecule has 0 bridgehead atoms. The quantitative estimate of drug-likeness (QED) is 0.0637. The molecule has 0 spiro atoms. The minimum Gasteiger partial charge on any atom is -1.00 e. The summed E-state index contributed by atoms with van der Waals surface area (Å²) in [6.07, 6.45) is 6.18. The first-order valence-electron chi connectivity index (χ1n) is 32.8. The lowest BCUT2D eigenvalue weighted by atomic mass is 9.97. The molecule has 0 heterocycles. The topological polar surface area (TPSA) is 71.4 Å². The van der Waals surface area contributed by atoms with Gasteiger partial charge in [-0.15, -0.1) is 0 Å². The van der Waals surface area contributed by atoms with Crippen LogP contribution in [0.5, 0.6) is 0 Å². The van der Waals surface area contributed by atoms with Crippen LogP contribution in [0.1, 0.15) is 60.6 Å². The van der Waals surface area contributed by atoms with E-state index in [-0.39, 0.29) is 55.0 Å². The molecule has 12 aromatic carbocycles. The molecular weight excluding hydrogens is 1300 g/mol. The molecule has 0 saturated carbocycles. The number of hydrogen-bond donors (Lipinski definition) is 0. The number of hydrogen-bond acceptors (Lipinski definition) is 3. The fourth-order valence-electron chi connectivity index (χ4n) is 13.0. The summed E-state index contributed by atoms with van der Waals surface area (Å²) in [7, 11) is -5.69. The number of halogens is 3. The fourth-order valence-corrected chi connectivity index (χ4v) is 25.7. The minimum atomic E-state index is -1.91. The summed E-state index contributed by atoms with van der Waals surface area (Å²) < 4.78 is 0. The molecule has 486 valence electrons. The summed E-state index contributed by atoms with van der Waals surface area (Å²) in [5.41, 5.74) is 7.70. The highest BCUT2D eigenvalue weighted by atomic mass is 35.5. The van der Waals surface area contributed by atoms with E-state index < -0.39 is 21.8 Å². The van der Waals surface area contributed by atoms with Gasteiger partial charge in [0, 0.05) is 11.8 Å². The van der Waals surface area contributed by atoms with Crippen LogP contribution in [0.4, 0.5) is 0 Å². The average molecular weight is 1380 g/mol. The molecule has 0 aliphatic carbocycles. The van der Waals surface area contributed by atoms with E-state index in [0.29, 0.717) is 0 Å². The zero-order valence-corrected chi connectivity index (χ0v) is 60.4. The Labute approximate surface area is 598 Å². The average Bonchev–Trinajstić information content (AvgIpc) is 0.772. The Morgan fingerprint density at radius 3 is 0.701 bits per heavy atom. The molecule has 9 heteroatoms. The van der Waals surface area contributed by atoms with Gasteiger partial charge >= 0.3 is 0 Å². The Morgan fingerprint density at radius 1 is 0.247 bits per heavy atom. The molecule has 0 aliphatic heterocycles. The highest BCUT2D eigenvalue weighted by molar-refractivity contribution is 7.96. The molecule has 0 saturated heterocycles. The van der Waals surface area contributed by atoms with Crippen molar-refractivity contribution in [2.24, 2.45) is 17.8 Å². The van der Waals surface area contributed by atoms with Crippen molar-refractivity contribution in [2.75, 3.05) is 0 Å². The molecule has 0 aromatic heterocycles. The second-order valence-corrected chi connectivity index (χ2v) is 34.7. The van der Waals surface area contributed by atoms with E-state index in [2.05, 4.69) is 371 Å². The molecule has 0 N–H and O–H groups in total. The smallest absolute Gasteiger partial charge is 0.116 e. The SMILES string of the molecule is CC(C#N)Cc1ccc(C[P+](c2ccccc2)(c2ccccc2)c2ccccc2)cc1.CC(C#N)Cc1cccc(C[P+](c2ccccc2)(c2ccccc2)c2ccccc2)c1.CCC(C#N)Cc1cccc(C[P+](c2ccccc2)(c2ccccc2)c2ccccc2)c1.[Cl-].[Cl-].[Cl-]. The second kappa shape index (κ2) is 38.3. The Bertz CT molecular complexity index is 4080. The molecule has 3 unspecified atom stereocenters. The van der Waals surface area contributed by atoms with Crippen LogP contribution >= 0.6 is 21.8 Å². The molecule has 0 amide bonds. The molecule has 12 aromatic rings. The van der Waals surface area contributed by atoms with Crippen molar-refractivity contribution in [2.45, 2.75) is 64.9 Å². The maximum atomic E-state index is 9.44. The first-order chi connectivity index (χ1) is 46.2. The summed E-state index contributed by atoms with van der Waals surface area (Å²) in [6.45, 7) is 6.06. The third-order valence-corrected chi connectivity index (χ3v) is 30.9. The Morgan fingerprint density at radius 2 is 0.464 bits per heavy atom. The maximum Gasteiger partial charge on any atom is 0.116 e. The van der Waals surface area contributed by atoms with E-state index in [1.807, 2.05) is 13.8 Å². The highest BCUT2D eigenvalue weighted by Gasteiger charge is 2.48. The predicted octanol–water partition coefficient (Wildman–Crippen LogP) is 9.05. The summed E-state index contributed by atoms with van der Waals surface area (Å²) in [5.74, 6) is 0.129. The van der Waals surface area contributed by atoms with Crippen LogP contribution < -0.4 is 85.0 Å². The molecule has 0 fully saturated rings. The third kappa shape index (κ3) is 19.1. The zero-order chi connectivity index (χ0) is 65.3. The van der Waals surface area contributed by atoms with Gasteiger partial charge in [-0.2, -0.15) is 15.8 Å². The Balaban J connectivity index is 0.000000202. The molecule has 3 nitrogen and oxygen atoms in total. The fraction of sp³-hybridized carbons (Fsp3) is 0.148. The molecule has 0 aliphatic rings. The second-order valence-electron chi connectivity index (χ2n) is 24.3. The number of benzene rings is 12. The monoisotopic (exact) mass is 1380 g/mol. The first kappa shape index (κ1) is 75.6. The molecule has 12 rings (SSSR count). The van der Waals surface area contributed by atoms with E-state index >= 15 is 0 Å². The van der Waals surface area contributed by atoms with E-state index in [0.717, 1.165) is 44.2 Å². The number of rotatable bonds is 22.